The van der Waals surface area contributed by atoms with E-state index < -0.39 is 11.3 Å². The summed E-state index contributed by atoms with van der Waals surface area (Å²) in [5.41, 5.74) is 0.218. The Morgan fingerprint density at radius 1 is 1.40 bits per heavy atom. The van der Waals surface area contributed by atoms with E-state index in [1.807, 2.05) is 38.1 Å². The Bertz CT molecular complexity index is 534. The average molecular weight is 358 g/mol. The zero-order valence-electron chi connectivity index (χ0n) is 11.4. The third kappa shape index (κ3) is 2.54. The number of benzene rings is 1. The molecule has 108 valence electrons. The third-order valence-corrected chi connectivity index (χ3v) is 5.02. The van der Waals surface area contributed by atoms with Crippen molar-refractivity contribution in [1.29, 1.82) is 0 Å². The van der Waals surface area contributed by atoms with Crippen LogP contribution in [0.3, 0.4) is 0 Å². The summed E-state index contributed by atoms with van der Waals surface area (Å²) in [4.78, 5) is 24.2. The maximum atomic E-state index is 12.3. The van der Waals surface area contributed by atoms with Gasteiger partial charge in [-0.05, 0) is 30.5 Å². The second-order valence-corrected chi connectivity index (χ2v) is 6.51. The van der Waals surface area contributed by atoms with Gasteiger partial charge in [0.2, 0.25) is 11.8 Å². The molecule has 2 rings (SSSR count). The highest BCUT2D eigenvalue weighted by Gasteiger charge is 2.55. The van der Waals surface area contributed by atoms with Crippen LogP contribution in [0, 0.1) is 11.3 Å². The van der Waals surface area contributed by atoms with Gasteiger partial charge in [0.15, 0.2) is 0 Å². The Balaban J connectivity index is 2.38. The van der Waals surface area contributed by atoms with Crippen molar-refractivity contribution in [2.75, 3.05) is 6.61 Å². The molecule has 2 unspecified atom stereocenters. The van der Waals surface area contributed by atoms with Crippen LogP contribution in [-0.2, 0) is 14.1 Å². The molecule has 6 heteroatoms. The molecule has 0 aliphatic carbocycles. The molecule has 0 saturated carbocycles. The molecular weight excluding hydrogens is 341 g/mol. The summed E-state index contributed by atoms with van der Waals surface area (Å²) in [6.07, 6.45) is 0. The highest BCUT2D eigenvalue weighted by atomic mass is 79.9. The van der Waals surface area contributed by atoms with Crippen molar-refractivity contribution in [3.63, 3.8) is 0 Å². The molecule has 1 aromatic rings. The maximum absolute atomic E-state index is 12.3. The van der Waals surface area contributed by atoms with E-state index in [2.05, 4.69) is 30.7 Å². The number of carbonyl (C=O) groups excluding carboxylic acids is 2. The summed E-state index contributed by atoms with van der Waals surface area (Å²) >= 11 is 3.39. The van der Waals surface area contributed by atoms with Gasteiger partial charge < -0.3 is 4.52 Å². The maximum Gasteiger partial charge on any atom is 0.234 e. The van der Waals surface area contributed by atoms with Crippen molar-refractivity contribution < 1.29 is 14.1 Å². The van der Waals surface area contributed by atoms with Crippen LogP contribution in [0.25, 0.3) is 0 Å². The summed E-state index contributed by atoms with van der Waals surface area (Å²) < 4.78 is 6.02. The molecule has 1 N–H and O–H groups in total. The first kappa shape index (κ1) is 15.6. The fourth-order valence-electron chi connectivity index (χ4n) is 2.71. The van der Waals surface area contributed by atoms with E-state index in [9.17, 15) is 9.59 Å². The Kier molecular flexibility index (Phi) is 4.62. The van der Waals surface area contributed by atoms with E-state index in [0.29, 0.717) is 0 Å². The Morgan fingerprint density at radius 2 is 2.00 bits per heavy atom. The normalized spacial score (nSPS) is 27.5. The standard InChI is InChI=1S/C14H17BrNO3P/c1-8(9-3-5-10(15)6-4-9)14(2)11(7-19-20)12(17)16-13(14)18/h3-6,8,11H,7,20H2,1-2H3,(H,16,17,18)/t8?,11-,14+/m0/s1. The van der Waals surface area contributed by atoms with Crippen LogP contribution in [0.5, 0.6) is 0 Å². The van der Waals surface area contributed by atoms with Gasteiger partial charge in [-0.25, -0.2) is 0 Å². The van der Waals surface area contributed by atoms with Crippen molar-refractivity contribution in [1.82, 2.24) is 5.32 Å². The second-order valence-electron chi connectivity index (χ2n) is 5.26. The van der Waals surface area contributed by atoms with E-state index in [-0.39, 0.29) is 24.3 Å². The number of rotatable bonds is 4. The molecule has 0 aromatic heterocycles. The summed E-state index contributed by atoms with van der Waals surface area (Å²) in [7, 11) is 2.14. The molecule has 1 aliphatic heterocycles. The molecule has 1 heterocycles. The van der Waals surface area contributed by atoms with E-state index >= 15 is 0 Å². The first-order valence-electron chi connectivity index (χ1n) is 6.33. The lowest BCUT2D eigenvalue weighted by Crippen LogP contribution is -2.38. The minimum atomic E-state index is -0.804. The van der Waals surface area contributed by atoms with Gasteiger partial charge in [-0.1, -0.05) is 35.0 Å². The lowest BCUT2D eigenvalue weighted by molar-refractivity contribution is -0.129. The first-order chi connectivity index (χ1) is 9.41. The van der Waals surface area contributed by atoms with E-state index in [0.717, 1.165) is 10.0 Å². The van der Waals surface area contributed by atoms with Gasteiger partial charge in [-0.3, -0.25) is 14.9 Å². The second kappa shape index (κ2) is 5.92. The summed E-state index contributed by atoms with van der Waals surface area (Å²) in [5.74, 6) is -1.06. The van der Waals surface area contributed by atoms with E-state index in [1.54, 1.807) is 0 Å². The third-order valence-electron chi connectivity index (χ3n) is 4.30. The van der Waals surface area contributed by atoms with Crippen molar-refractivity contribution in [3.8, 4) is 0 Å². The van der Waals surface area contributed by atoms with Crippen molar-refractivity contribution in [3.05, 3.63) is 34.3 Å². The number of imide groups is 1. The van der Waals surface area contributed by atoms with Crippen LogP contribution in [0.4, 0.5) is 0 Å². The number of amides is 2. The molecule has 1 aromatic carbocycles. The molecule has 0 bridgehead atoms. The van der Waals surface area contributed by atoms with Gasteiger partial charge >= 0.3 is 0 Å². The van der Waals surface area contributed by atoms with Crippen molar-refractivity contribution in [2.24, 2.45) is 11.3 Å². The number of halogens is 1. The molecule has 1 aliphatic rings. The van der Waals surface area contributed by atoms with Crippen molar-refractivity contribution >= 4 is 37.2 Å². The van der Waals surface area contributed by atoms with Gasteiger partial charge in [0, 0.05) is 13.9 Å². The molecule has 2 amide bonds. The van der Waals surface area contributed by atoms with E-state index in [4.69, 9.17) is 4.52 Å². The lowest BCUT2D eigenvalue weighted by atomic mass is 9.67. The Morgan fingerprint density at radius 3 is 2.55 bits per heavy atom. The minimum absolute atomic E-state index is 0.0906. The van der Waals surface area contributed by atoms with Gasteiger partial charge in [-0.2, -0.15) is 0 Å². The molecule has 0 spiro atoms. The quantitative estimate of drug-likeness (QED) is 0.665. The SMILES string of the molecule is CC(c1ccc(Br)cc1)[C@@]1(C)C(=O)NC(=O)[C@@H]1COP. The molecular formula is C14H17BrNO3P. The highest BCUT2D eigenvalue weighted by molar-refractivity contribution is 9.10. The van der Waals surface area contributed by atoms with Crippen LogP contribution in [0.1, 0.15) is 25.3 Å². The number of hydrogen-bond acceptors (Lipinski definition) is 3. The smallest absolute Gasteiger partial charge is 0.234 e. The monoisotopic (exact) mass is 357 g/mol. The van der Waals surface area contributed by atoms with Crippen LogP contribution >= 0.6 is 25.4 Å². The van der Waals surface area contributed by atoms with Gasteiger partial charge in [0.1, 0.15) is 0 Å². The number of hydrogen-bond donors (Lipinski definition) is 1. The Labute approximate surface area is 129 Å². The highest BCUT2D eigenvalue weighted by Crippen LogP contribution is 2.45. The zero-order valence-corrected chi connectivity index (χ0v) is 14.1. The fraction of sp³-hybridized carbons (Fsp3) is 0.429. The fourth-order valence-corrected chi connectivity index (χ4v) is 3.16. The summed E-state index contributed by atoms with van der Waals surface area (Å²) in [6.45, 7) is 4.01. The molecule has 1 saturated heterocycles. The number of carbonyl (C=O) groups is 2. The minimum Gasteiger partial charge on any atom is -0.365 e. The largest absolute Gasteiger partial charge is 0.365 e. The molecule has 1 fully saturated rings. The lowest BCUT2D eigenvalue weighted by Gasteiger charge is -2.33. The molecule has 20 heavy (non-hydrogen) atoms. The van der Waals surface area contributed by atoms with Crippen LogP contribution in [-0.4, -0.2) is 18.4 Å². The average Bonchev–Trinajstić information content (AvgIpc) is 2.64. The summed E-state index contributed by atoms with van der Waals surface area (Å²) in [6, 6.07) is 7.81. The zero-order chi connectivity index (χ0) is 14.9. The summed E-state index contributed by atoms with van der Waals surface area (Å²) in [5, 5.41) is 2.43. The number of nitrogens with one attached hydrogen (secondary N) is 1. The van der Waals surface area contributed by atoms with Crippen LogP contribution < -0.4 is 5.32 Å². The molecule has 4 nitrogen and oxygen atoms in total. The Hall–Kier alpha value is -0.770. The topological polar surface area (TPSA) is 55.4 Å². The predicted molar refractivity (Wildman–Crippen MR) is 83.0 cm³/mol. The predicted octanol–water partition coefficient (Wildman–Crippen LogP) is 2.64. The van der Waals surface area contributed by atoms with Gasteiger partial charge in [-0.15, -0.1) is 0 Å². The van der Waals surface area contributed by atoms with Crippen molar-refractivity contribution in [2.45, 2.75) is 19.8 Å². The van der Waals surface area contributed by atoms with Gasteiger partial charge in [0.25, 0.3) is 0 Å². The van der Waals surface area contributed by atoms with Crippen LogP contribution in [0.2, 0.25) is 0 Å². The molecule has 4 atom stereocenters. The van der Waals surface area contributed by atoms with E-state index in [1.165, 1.54) is 0 Å². The molecule has 0 radical (unpaired) electrons. The first-order valence-corrected chi connectivity index (χ1v) is 7.60. The van der Waals surface area contributed by atoms with Gasteiger partial charge in [0.05, 0.1) is 17.9 Å². The van der Waals surface area contributed by atoms with Crippen LogP contribution in [0.15, 0.2) is 28.7 Å².